The van der Waals surface area contributed by atoms with Crippen molar-refractivity contribution in [1.29, 1.82) is 0 Å². The van der Waals surface area contributed by atoms with E-state index < -0.39 is 0 Å². The highest BCUT2D eigenvalue weighted by atomic mass is 15.2. The van der Waals surface area contributed by atoms with Gasteiger partial charge in [-0.05, 0) is 51.1 Å². The molecule has 3 aliphatic rings. The molecule has 0 bridgehead atoms. The summed E-state index contributed by atoms with van der Waals surface area (Å²) in [7, 11) is 0. The molecule has 3 rings (SSSR count). The summed E-state index contributed by atoms with van der Waals surface area (Å²) in [6.45, 7) is 4.02. The van der Waals surface area contributed by atoms with E-state index in [4.69, 9.17) is 0 Å². The zero-order valence-corrected chi connectivity index (χ0v) is 9.75. The Bertz CT molecular complexity index is 209. The molecule has 2 saturated carbocycles. The van der Waals surface area contributed by atoms with E-state index in [-0.39, 0.29) is 0 Å². The van der Waals surface area contributed by atoms with Crippen LogP contribution in [-0.2, 0) is 0 Å². The van der Waals surface area contributed by atoms with Gasteiger partial charge in [0.05, 0.1) is 0 Å². The first-order valence-corrected chi connectivity index (χ1v) is 6.88. The van der Waals surface area contributed by atoms with Gasteiger partial charge in [0.25, 0.3) is 0 Å². The topological polar surface area (TPSA) is 15.3 Å². The second-order valence-corrected chi connectivity index (χ2v) is 5.81. The summed E-state index contributed by atoms with van der Waals surface area (Å²) in [5.41, 5.74) is 0. The fourth-order valence-corrected chi connectivity index (χ4v) is 2.77. The molecule has 0 amide bonds. The Morgan fingerprint density at radius 2 is 1.87 bits per heavy atom. The van der Waals surface area contributed by atoms with Gasteiger partial charge >= 0.3 is 0 Å². The van der Waals surface area contributed by atoms with E-state index in [1.165, 1.54) is 64.6 Å². The van der Waals surface area contributed by atoms with Crippen LogP contribution in [0.4, 0.5) is 0 Å². The van der Waals surface area contributed by atoms with E-state index in [9.17, 15) is 0 Å². The molecule has 3 fully saturated rings. The lowest BCUT2D eigenvalue weighted by Gasteiger charge is -2.16. The molecule has 2 heteroatoms. The Kier molecular flexibility index (Phi) is 2.98. The van der Waals surface area contributed by atoms with Crippen molar-refractivity contribution in [3.8, 4) is 0 Å². The SMILES string of the molecule is C(CC1CC1)CN1CCC(NC2CC2)C1. The zero-order chi connectivity index (χ0) is 10.1. The Hall–Kier alpha value is -0.0800. The molecule has 1 aliphatic heterocycles. The summed E-state index contributed by atoms with van der Waals surface area (Å²) in [6.07, 6.45) is 10.2. The summed E-state index contributed by atoms with van der Waals surface area (Å²) in [4.78, 5) is 2.67. The minimum atomic E-state index is 0.818. The average Bonchev–Trinajstić information content (AvgIpc) is 3.10. The Balaban J connectivity index is 1.29. The maximum Gasteiger partial charge on any atom is 0.0209 e. The van der Waals surface area contributed by atoms with Crippen LogP contribution in [0.25, 0.3) is 0 Å². The van der Waals surface area contributed by atoms with Gasteiger partial charge in [0.1, 0.15) is 0 Å². The maximum absolute atomic E-state index is 3.75. The van der Waals surface area contributed by atoms with E-state index >= 15 is 0 Å². The number of nitrogens with one attached hydrogen (secondary N) is 1. The largest absolute Gasteiger partial charge is 0.310 e. The number of hydrogen-bond acceptors (Lipinski definition) is 2. The molecule has 1 saturated heterocycles. The molecule has 0 spiro atoms. The molecule has 86 valence electrons. The summed E-state index contributed by atoms with van der Waals surface area (Å²) in [6, 6.07) is 1.71. The molecule has 2 aliphatic carbocycles. The summed E-state index contributed by atoms with van der Waals surface area (Å²) >= 11 is 0. The Labute approximate surface area is 93.4 Å². The lowest BCUT2D eigenvalue weighted by molar-refractivity contribution is 0.316. The fourth-order valence-electron chi connectivity index (χ4n) is 2.77. The Morgan fingerprint density at radius 3 is 2.60 bits per heavy atom. The van der Waals surface area contributed by atoms with Gasteiger partial charge < -0.3 is 10.2 Å². The highest BCUT2D eigenvalue weighted by Gasteiger charge is 2.29. The first kappa shape index (κ1) is 10.1. The molecule has 0 aromatic carbocycles. The van der Waals surface area contributed by atoms with Crippen LogP contribution in [0.2, 0.25) is 0 Å². The molecule has 1 N–H and O–H groups in total. The summed E-state index contributed by atoms with van der Waals surface area (Å²) in [5.74, 6) is 1.12. The van der Waals surface area contributed by atoms with E-state index in [0.717, 1.165) is 18.0 Å². The first-order chi connectivity index (χ1) is 7.40. The number of rotatable bonds is 6. The monoisotopic (exact) mass is 208 g/mol. The molecule has 0 aromatic heterocycles. The van der Waals surface area contributed by atoms with E-state index in [1.807, 2.05) is 0 Å². The van der Waals surface area contributed by atoms with Crippen molar-refractivity contribution in [2.24, 2.45) is 5.92 Å². The molecule has 0 aromatic rings. The molecular weight excluding hydrogens is 184 g/mol. The predicted octanol–water partition coefficient (Wildman–Crippen LogP) is 2.00. The molecule has 15 heavy (non-hydrogen) atoms. The zero-order valence-electron chi connectivity index (χ0n) is 9.75. The minimum absolute atomic E-state index is 0.818. The van der Waals surface area contributed by atoms with Gasteiger partial charge in [-0.1, -0.05) is 12.8 Å². The van der Waals surface area contributed by atoms with Gasteiger partial charge in [0, 0.05) is 18.6 Å². The molecule has 0 radical (unpaired) electrons. The number of nitrogens with zero attached hydrogens (tertiary/aromatic N) is 1. The second-order valence-electron chi connectivity index (χ2n) is 5.81. The van der Waals surface area contributed by atoms with Gasteiger partial charge in [-0.15, -0.1) is 0 Å². The van der Waals surface area contributed by atoms with Crippen LogP contribution in [0.3, 0.4) is 0 Å². The van der Waals surface area contributed by atoms with Crippen LogP contribution < -0.4 is 5.32 Å². The van der Waals surface area contributed by atoms with Gasteiger partial charge in [0.15, 0.2) is 0 Å². The highest BCUT2D eigenvalue weighted by molar-refractivity contribution is 4.89. The van der Waals surface area contributed by atoms with Crippen LogP contribution in [0.15, 0.2) is 0 Å². The molecule has 1 unspecified atom stereocenters. The highest BCUT2D eigenvalue weighted by Crippen LogP contribution is 2.33. The van der Waals surface area contributed by atoms with Crippen LogP contribution >= 0.6 is 0 Å². The van der Waals surface area contributed by atoms with Crippen molar-refractivity contribution in [3.05, 3.63) is 0 Å². The van der Waals surface area contributed by atoms with E-state index in [1.54, 1.807) is 0 Å². The predicted molar refractivity (Wildman–Crippen MR) is 63.0 cm³/mol. The molecule has 1 heterocycles. The Morgan fingerprint density at radius 1 is 1.00 bits per heavy atom. The normalized spacial score (nSPS) is 32.4. The van der Waals surface area contributed by atoms with Crippen molar-refractivity contribution in [3.63, 3.8) is 0 Å². The molecule has 2 nitrogen and oxygen atoms in total. The van der Waals surface area contributed by atoms with Crippen LogP contribution in [0.1, 0.15) is 44.9 Å². The average molecular weight is 208 g/mol. The summed E-state index contributed by atoms with van der Waals surface area (Å²) in [5, 5.41) is 3.75. The smallest absolute Gasteiger partial charge is 0.0209 e. The van der Waals surface area contributed by atoms with Crippen LogP contribution in [0.5, 0.6) is 0 Å². The fraction of sp³-hybridized carbons (Fsp3) is 1.00. The third kappa shape index (κ3) is 3.18. The lowest BCUT2D eigenvalue weighted by Crippen LogP contribution is -2.34. The lowest BCUT2D eigenvalue weighted by atomic mass is 10.2. The van der Waals surface area contributed by atoms with E-state index in [2.05, 4.69) is 10.2 Å². The minimum Gasteiger partial charge on any atom is -0.310 e. The molecule has 1 atom stereocenters. The van der Waals surface area contributed by atoms with Crippen molar-refractivity contribution in [2.45, 2.75) is 57.0 Å². The number of hydrogen-bond donors (Lipinski definition) is 1. The third-order valence-corrected chi connectivity index (χ3v) is 4.10. The maximum atomic E-state index is 3.75. The quantitative estimate of drug-likeness (QED) is 0.718. The van der Waals surface area contributed by atoms with E-state index in [0.29, 0.717) is 0 Å². The van der Waals surface area contributed by atoms with Gasteiger partial charge in [-0.2, -0.15) is 0 Å². The van der Waals surface area contributed by atoms with Crippen molar-refractivity contribution in [1.82, 2.24) is 10.2 Å². The molecular formula is C13H24N2. The van der Waals surface area contributed by atoms with Crippen molar-refractivity contribution >= 4 is 0 Å². The van der Waals surface area contributed by atoms with Crippen LogP contribution in [0, 0.1) is 5.92 Å². The van der Waals surface area contributed by atoms with Gasteiger partial charge in [-0.25, -0.2) is 0 Å². The standard InChI is InChI=1S/C13H24N2/c1(2-11-3-4-11)8-15-9-7-13(10-15)14-12-5-6-12/h11-14H,1-10H2. The van der Waals surface area contributed by atoms with Crippen molar-refractivity contribution < 1.29 is 0 Å². The first-order valence-electron chi connectivity index (χ1n) is 6.88. The van der Waals surface area contributed by atoms with Gasteiger partial charge in [-0.3, -0.25) is 0 Å². The van der Waals surface area contributed by atoms with Crippen molar-refractivity contribution in [2.75, 3.05) is 19.6 Å². The third-order valence-electron chi connectivity index (χ3n) is 4.10. The second kappa shape index (κ2) is 4.42. The summed E-state index contributed by atoms with van der Waals surface area (Å²) < 4.78 is 0. The van der Waals surface area contributed by atoms with Crippen LogP contribution in [-0.4, -0.2) is 36.6 Å². The van der Waals surface area contributed by atoms with Gasteiger partial charge in [0.2, 0.25) is 0 Å². The number of likely N-dealkylation sites (tertiary alicyclic amines) is 1.